The van der Waals surface area contributed by atoms with Crippen LogP contribution in [0.2, 0.25) is 0 Å². The van der Waals surface area contributed by atoms with E-state index in [9.17, 15) is 22.8 Å². The van der Waals surface area contributed by atoms with Crippen LogP contribution in [0.5, 0.6) is 0 Å². The van der Waals surface area contributed by atoms with Crippen LogP contribution in [0.25, 0.3) is 11.0 Å². The molecular formula is C25H26F3N5O3. The van der Waals surface area contributed by atoms with Crippen LogP contribution in [0.1, 0.15) is 40.6 Å². The summed E-state index contributed by atoms with van der Waals surface area (Å²) in [5.74, 6) is 0.450. The Kier molecular flexibility index (Phi) is 6.33. The van der Waals surface area contributed by atoms with Crippen LogP contribution in [-0.2, 0) is 17.5 Å². The molecule has 3 aromatic rings. The van der Waals surface area contributed by atoms with Crippen LogP contribution in [0, 0.1) is 0 Å². The lowest BCUT2D eigenvalue weighted by atomic mass is 10.0. The van der Waals surface area contributed by atoms with E-state index in [2.05, 4.69) is 10.3 Å². The first-order valence-corrected chi connectivity index (χ1v) is 11.8. The fourth-order valence-corrected chi connectivity index (χ4v) is 5.00. The molecule has 0 radical (unpaired) electrons. The van der Waals surface area contributed by atoms with Gasteiger partial charge < -0.3 is 19.5 Å². The van der Waals surface area contributed by atoms with E-state index in [1.165, 1.54) is 13.2 Å². The van der Waals surface area contributed by atoms with Gasteiger partial charge in [-0.2, -0.15) is 13.2 Å². The molecule has 11 heteroatoms. The zero-order chi connectivity index (χ0) is 25.4. The second kappa shape index (κ2) is 9.45. The Labute approximate surface area is 205 Å². The number of amides is 3. The molecule has 1 aromatic heterocycles. The molecule has 2 aliphatic rings. The Balaban J connectivity index is 1.34. The van der Waals surface area contributed by atoms with Gasteiger partial charge in [0.2, 0.25) is 0 Å². The van der Waals surface area contributed by atoms with Gasteiger partial charge in [0.1, 0.15) is 12.4 Å². The van der Waals surface area contributed by atoms with E-state index in [1.54, 1.807) is 34.1 Å². The van der Waals surface area contributed by atoms with Gasteiger partial charge in [0, 0.05) is 50.6 Å². The quantitative estimate of drug-likeness (QED) is 0.568. The molecule has 36 heavy (non-hydrogen) atoms. The molecule has 190 valence electrons. The van der Waals surface area contributed by atoms with Crippen molar-refractivity contribution in [2.45, 2.75) is 31.7 Å². The summed E-state index contributed by atoms with van der Waals surface area (Å²) in [4.78, 5) is 33.0. The lowest BCUT2D eigenvalue weighted by Gasteiger charge is -2.34. The first-order chi connectivity index (χ1) is 17.3. The highest BCUT2D eigenvalue weighted by atomic mass is 19.4. The minimum Gasteiger partial charge on any atom is -0.377 e. The molecule has 0 saturated carbocycles. The fraction of sp³-hybridized carbons (Fsp3) is 0.400. The highest BCUT2D eigenvalue weighted by Gasteiger charge is 2.32. The van der Waals surface area contributed by atoms with E-state index in [1.807, 2.05) is 4.57 Å². The first-order valence-electron chi connectivity index (χ1n) is 11.8. The number of aromatic nitrogens is 2. The van der Waals surface area contributed by atoms with Gasteiger partial charge in [0.25, 0.3) is 5.91 Å². The minimum absolute atomic E-state index is 0.0273. The predicted molar refractivity (Wildman–Crippen MR) is 127 cm³/mol. The molecule has 5 rings (SSSR count). The number of rotatable bonds is 5. The summed E-state index contributed by atoms with van der Waals surface area (Å²) in [7, 11) is 1.52. The third-order valence-corrected chi connectivity index (χ3v) is 6.74. The Morgan fingerprint density at radius 1 is 1.14 bits per heavy atom. The molecule has 0 unspecified atom stereocenters. The zero-order valence-corrected chi connectivity index (χ0v) is 19.7. The highest BCUT2D eigenvalue weighted by Crippen LogP contribution is 2.34. The van der Waals surface area contributed by atoms with Gasteiger partial charge >= 0.3 is 12.2 Å². The van der Waals surface area contributed by atoms with E-state index in [4.69, 9.17) is 4.74 Å². The van der Waals surface area contributed by atoms with Crippen molar-refractivity contribution < 1.29 is 27.5 Å². The van der Waals surface area contributed by atoms with Gasteiger partial charge in [-0.3, -0.25) is 9.69 Å². The van der Waals surface area contributed by atoms with Crippen molar-refractivity contribution in [1.29, 1.82) is 0 Å². The number of methoxy groups -OCH3 is 1. The van der Waals surface area contributed by atoms with Gasteiger partial charge in [0.15, 0.2) is 0 Å². The van der Waals surface area contributed by atoms with Crippen LogP contribution in [-0.4, -0.2) is 59.7 Å². The number of nitrogens with one attached hydrogen (secondary N) is 1. The average molecular weight is 502 g/mol. The second-order valence-corrected chi connectivity index (χ2v) is 8.99. The molecule has 0 atom stereocenters. The normalized spacial score (nSPS) is 17.2. The van der Waals surface area contributed by atoms with E-state index < -0.39 is 11.7 Å². The number of imidazole rings is 1. The maximum absolute atomic E-state index is 13.2. The summed E-state index contributed by atoms with van der Waals surface area (Å²) in [6.07, 6.45) is -3.19. The van der Waals surface area contributed by atoms with Crippen LogP contribution in [0.3, 0.4) is 0 Å². The SMILES string of the molecule is COCc1nc2cc(C(F)(F)F)ccc2n1C1CCN(C(=O)c2cccc(N3CCNC3=O)c2)CC1. The second-order valence-electron chi connectivity index (χ2n) is 8.99. The van der Waals surface area contributed by atoms with Crippen molar-refractivity contribution in [3.05, 3.63) is 59.4 Å². The number of anilines is 1. The van der Waals surface area contributed by atoms with Crippen LogP contribution in [0.15, 0.2) is 42.5 Å². The molecule has 3 heterocycles. The van der Waals surface area contributed by atoms with Gasteiger partial charge in [-0.05, 0) is 49.2 Å². The molecule has 8 nitrogen and oxygen atoms in total. The third-order valence-electron chi connectivity index (χ3n) is 6.74. The number of benzene rings is 2. The summed E-state index contributed by atoms with van der Waals surface area (Å²) in [6, 6.07) is 10.4. The van der Waals surface area contributed by atoms with Crippen molar-refractivity contribution in [2.75, 3.05) is 38.2 Å². The number of urea groups is 1. The van der Waals surface area contributed by atoms with Crippen molar-refractivity contribution >= 4 is 28.7 Å². The van der Waals surface area contributed by atoms with Crippen LogP contribution in [0.4, 0.5) is 23.7 Å². The number of halogens is 3. The maximum Gasteiger partial charge on any atom is 0.416 e. The molecule has 0 spiro atoms. The van der Waals surface area contributed by atoms with Gasteiger partial charge in [-0.25, -0.2) is 9.78 Å². The lowest BCUT2D eigenvalue weighted by Crippen LogP contribution is -2.39. The lowest BCUT2D eigenvalue weighted by molar-refractivity contribution is -0.137. The number of ether oxygens (including phenoxy) is 1. The molecule has 3 amide bonds. The number of hydrogen-bond acceptors (Lipinski definition) is 4. The maximum atomic E-state index is 13.2. The number of piperidine rings is 1. The van der Waals surface area contributed by atoms with Gasteiger partial charge in [-0.1, -0.05) is 6.07 Å². The number of carbonyl (C=O) groups excluding carboxylic acids is 2. The Morgan fingerprint density at radius 2 is 1.92 bits per heavy atom. The molecule has 2 aliphatic heterocycles. The number of fused-ring (bicyclic) bond motifs is 1. The van der Waals surface area contributed by atoms with Crippen LogP contribution < -0.4 is 10.2 Å². The molecule has 2 fully saturated rings. The summed E-state index contributed by atoms with van der Waals surface area (Å²) in [5, 5.41) is 2.75. The minimum atomic E-state index is -4.44. The number of alkyl halides is 3. The number of nitrogens with zero attached hydrogens (tertiary/aromatic N) is 4. The monoisotopic (exact) mass is 501 g/mol. The van der Waals surface area contributed by atoms with E-state index >= 15 is 0 Å². The fourth-order valence-electron chi connectivity index (χ4n) is 5.00. The van der Waals surface area contributed by atoms with E-state index in [0.717, 1.165) is 12.1 Å². The predicted octanol–water partition coefficient (Wildman–Crippen LogP) is 4.21. The third kappa shape index (κ3) is 4.50. The average Bonchev–Trinajstić information content (AvgIpc) is 3.46. The Bertz CT molecular complexity index is 1300. The van der Waals surface area contributed by atoms with Gasteiger partial charge in [0.05, 0.1) is 16.6 Å². The van der Waals surface area contributed by atoms with Crippen LogP contribution >= 0.6 is 0 Å². The number of likely N-dealkylation sites (tertiary alicyclic amines) is 1. The Morgan fingerprint density at radius 3 is 2.58 bits per heavy atom. The van der Waals surface area contributed by atoms with Crippen molar-refractivity contribution in [1.82, 2.24) is 19.8 Å². The Hall–Kier alpha value is -3.60. The molecule has 0 aliphatic carbocycles. The molecule has 1 N–H and O–H groups in total. The van der Waals surface area contributed by atoms with Gasteiger partial charge in [-0.15, -0.1) is 0 Å². The standard InChI is InChI=1S/C25H26F3N5O3/c1-36-15-22-30-20-14-17(25(26,27)28)5-6-21(20)33(22)18-7-10-31(11-8-18)23(34)16-3-2-4-19(13-16)32-12-9-29-24(32)35/h2-6,13-14,18H,7-12,15H2,1H3,(H,29,35). The van der Waals surface area contributed by atoms with Crippen molar-refractivity contribution in [3.8, 4) is 0 Å². The van der Waals surface area contributed by atoms with Crippen molar-refractivity contribution in [2.24, 2.45) is 0 Å². The zero-order valence-electron chi connectivity index (χ0n) is 19.7. The highest BCUT2D eigenvalue weighted by molar-refractivity contribution is 5.98. The van der Waals surface area contributed by atoms with Crippen molar-refractivity contribution in [3.63, 3.8) is 0 Å². The number of hydrogen-bond donors (Lipinski definition) is 1. The molecule has 2 saturated heterocycles. The molecular weight excluding hydrogens is 475 g/mol. The summed E-state index contributed by atoms with van der Waals surface area (Å²) >= 11 is 0. The number of carbonyl (C=O) groups is 2. The molecule has 0 bridgehead atoms. The summed E-state index contributed by atoms with van der Waals surface area (Å²) in [6.45, 7) is 2.27. The first kappa shape index (κ1) is 24.1. The van der Waals surface area contributed by atoms with E-state index in [-0.39, 0.29) is 30.1 Å². The smallest absolute Gasteiger partial charge is 0.377 e. The molecule has 2 aromatic carbocycles. The topological polar surface area (TPSA) is 79.7 Å². The largest absolute Gasteiger partial charge is 0.416 e. The van der Waals surface area contributed by atoms with E-state index in [0.29, 0.717) is 61.6 Å². The summed E-state index contributed by atoms with van der Waals surface area (Å²) < 4.78 is 46.8. The summed E-state index contributed by atoms with van der Waals surface area (Å²) in [5.41, 5.74) is 1.35.